The number of nitrogens with zero attached hydrogens (tertiary/aromatic N) is 1. The van der Waals surface area contributed by atoms with Crippen LogP contribution in [0.1, 0.15) is 24.0 Å². The molecule has 0 atom stereocenters. The molecule has 3 rings (SSSR count). The predicted molar refractivity (Wildman–Crippen MR) is 130 cm³/mol. The molecule has 164 valence electrons. The Kier molecular flexibility index (Phi) is 9.37. The van der Waals surface area contributed by atoms with Crippen LogP contribution in [0.2, 0.25) is 0 Å². The van der Waals surface area contributed by atoms with Crippen LogP contribution < -0.4 is 20.1 Å². The number of sulfonamides is 1. The van der Waals surface area contributed by atoms with E-state index in [4.69, 9.17) is 4.74 Å². The van der Waals surface area contributed by atoms with Crippen LogP contribution in [0.25, 0.3) is 0 Å². The molecule has 0 unspecified atom stereocenters. The van der Waals surface area contributed by atoms with E-state index in [1.165, 1.54) is 5.56 Å². The van der Waals surface area contributed by atoms with Crippen LogP contribution in [0, 0.1) is 0 Å². The van der Waals surface area contributed by atoms with E-state index in [2.05, 4.69) is 20.3 Å². The molecule has 0 radical (unpaired) electrons. The number of hydrogen-bond donors (Lipinski definition) is 3. The molecular weight excluding hydrogens is 515 g/mol. The molecule has 0 heterocycles. The van der Waals surface area contributed by atoms with Crippen molar-refractivity contribution in [3.05, 3.63) is 59.7 Å². The maximum Gasteiger partial charge on any atom is 0.240 e. The van der Waals surface area contributed by atoms with Crippen molar-refractivity contribution >= 4 is 40.0 Å². The van der Waals surface area contributed by atoms with E-state index >= 15 is 0 Å². The van der Waals surface area contributed by atoms with Gasteiger partial charge in [-0.15, -0.1) is 24.0 Å². The SMILES string of the molecule is CN=C(NCCc1ccc(OC)cc1)NCc1ccc(S(=O)(=O)NC2CC2)cc1.I. The summed E-state index contributed by atoms with van der Waals surface area (Å²) in [5.41, 5.74) is 2.19. The first-order chi connectivity index (χ1) is 14.0. The monoisotopic (exact) mass is 544 g/mol. The fourth-order valence-electron chi connectivity index (χ4n) is 2.80. The fourth-order valence-corrected chi connectivity index (χ4v) is 4.10. The Morgan fingerprint density at radius 3 is 2.23 bits per heavy atom. The standard InChI is InChI=1S/C21H28N4O3S.HI/c1-22-21(23-14-13-16-3-9-19(28-2)10-4-16)24-15-17-5-11-20(12-6-17)29(26,27)25-18-7-8-18;/h3-6,9-12,18,25H,7-8,13-15H2,1-2H3,(H2,22,23,24);1H. The van der Waals surface area contributed by atoms with E-state index in [0.717, 1.165) is 37.1 Å². The lowest BCUT2D eigenvalue weighted by atomic mass is 10.1. The van der Waals surface area contributed by atoms with Crippen molar-refractivity contribution in [1.82, 2.24) is 15.4 Å². The van der Waals surface area contributed by atoms with Gasteiger partial charge in [0.2, 0.25) is 10.0 Å². The maximum absolute atomic E-state index is 12.2. The van der Waals surface area contributed by atoms with E-state index in [1.807, 2.05) is 36.4 Å². The quantitative estimate of drug-likeness (QED) is 0.257. The number of halogens is 1. The van der Waals surface area contributed by atoms with Gasteiger partial charge < -0.3 is 15.4 Å². The van der Waals surface area contributed by atoms with Crippen molar-refractivity contribution in [2.75, 3.05) is 20.7 Å². The van der Waals surface area contributed by atoms with Gasteiger partial charge in [0.25, 0.3) is 0 Å². The predicted octanol–water partition coefficient (Wildman–Crippen LogP) is 2.66. The highest BCUT2D eigenvalue weighted by Crippen LogP contribution is 2.22. The first kappa shape index (κ1) is 24.4. The van der Waals surface area contributed by atoms with E-state index < -0.39 is 10.0 Å². The summed E-state index contributed by atoms with van der Waals surface area (Å²) in [5, 5.41) is 6.53. The summed E-state index contributed by atoms with van der Waals surface area (Å²) < 4.78 is 32.3. The van der Waals surface area contributed by atoms with Crippen molar-refractivity contribution in [2.45, 2.75) is 36.7 Å². The Labute approximate surface area is 195 Å². The first-order valence-corrected chi connectivity index (χ1v) is 11.2. The molecule has 1 saturated carbocycles. The number of rotatable bonds is 9. The summed E-state index contributed by atoms with van der Waals surface area (Å²) in [5.74, 6) is 1.55. The molecule has 1 aliphatic rings. The van der Waals surface area contributed by atoms with Crippen LogP contribution in [0.15, 0.2) is 58.4 Å². The Morgan fingerprint density at radius 1 is 1.03 bits per heavy atom. The second-order valence-electron chi connectivity index (χ2n) is 6.99. The molecule has 0 aliphatic heterocycles. The third kappa shape index (κ3) is 7.44. The van der Waals surface area contributed by atoms with Gasteiger partial charge in [-0.2, -0.15) is 0 Å². The molecule has 3 N–H and O–H groups in total. The van der Waals surface area contributed by atoms with Gasteiger partial charge in [-0.25, -0.2) is 13.1 Å². The van der Waals surface area contributed by atoms with Crippen LogP contribution >= 0.6 is 24.0 Å². The van der Waals surface area contributed by atoms with Crippen molar-refractivity contribution in [3.8, 4) is 5.75 Å². The Bertz CT molecular complexity index is 928. The number of methoxy groups -OCH3 is 1. The Hall–Kier alpha value is -1.85. The Balaban J connectivity index is 0.00000320. The van der Waals surface area contributed by atoms with Crippen molar-refractivity contribution in [1.29, 1.82) is 0 Å². The minimum absolute atomic E-state index is 0. The summed E-state index contributed by atoms with van der Waals surface area (Å²) in [7, 11) is -0.0263. The van der Waals surface area contributed by atoms with Gasteiger partial charge in [0, 0.05) is 26.2 Å². The highest BCUT2D eigenvalue weighted by atomic mass is 127. The summed E-state index contributed by atoms with van der Waals surface area (Å²) in [6, 6.07) is 15.0. The second kappa shape index (κ2) is 11.5. The number of guanidine groups is 1. The lowest BCUT2D eigenvalue weighted by Crippen LogP contribution is -2.37. The molecule has 7 nitrogen and oxygen atoms in total. The van der Waals surface area contributed by atoms with Gasteiger partial charge in [-0.05, 0) is 54.7 Å². The molecule has 0 aromatic heterocycles. The molecule has 0 saturated heterocycles. The highest BCUT2D eigenvalue weighted by molar-refractivity contribution is 14.0. The molecule has 30 heavy (non-hydrogen) atoms. The van der Waals surface area contributed by atoms with Crippen LogP contribution in [-0.2, 0) is 23.0 Å². The molecule has 1 aliphatic carbocycles. The van der Waals surface area contributed by atoms with E-state index in [-0.39, 0.29) is 30.0 Å². The van der Waals surface area contributed by atoms with Gasteiger partial charge in [0.15, 0.2) is 5.96 Å². The van der Waals surface area contributed by atoms with Crippen molar-refractivity contribution < 1.29 is 13.2 Å². The van der Waals surface area contributed by atoms with E-state index in [0.29, 0.717) is 17.4 Å². The normalized spacial score (nSPS) is 14.0. The molecule has 0 bridgehead atoms. The highest BCUT2D eigenvalue weighted by Gasteiger charge is 2.27. The van der Waals surface area contributed by atoms with Crippen LogP contribution in [0.4, 0.5) is 0 Å². The summed E-state index contributed by atoms with van der Waals surface area (Å²) in [6.45, 7) is 1.30. The minimum atomic E-state index is -3.41. The van der Waals surface area contributed by atoms with Gasteiger partial charge >= 0.3 is 0 Å². The van der Waals surface area contributed by atoms with E-state index in [1.54, 1.807) is 26.3 Å². The molecule has 1 fully saturated rings. The maximum atomic E-state index is 12.2. The minimum Gasteiger partial charge on any atom is -0.497 e. The number of nitrogens with one attached hydrogen (secondary N) is 3. The number of benzene rings is 2. The van der Waals surface area contributed by atoms with Crippen LogP contribution in [-0.4, -0.2) is 41.1 Å². The average molecular weight is 544 g/mol. The van der Waals surface area contributed by atoms with Crippen molar-refractivity contribution in [2.24, 2.45) is 4.99 Å². The average Bonchev–Trinajstić information content (AvgIpc) is 3.54. The largest absolute Gasteiger partial charge is 0.497 e. The molecule has 2 aromatic carbocycles. The number of hydrogen-bond acceptors (Lipinski definition) is 4. The van der Waals surface area contributed by atoms with Crippen LogP contribution in [0.3, 0.4) is 0 Å². The topological polar surface area (TPSA) is 91.8 Å². The molecule has 0 amide bonds. The van der Waals surface area contributed by atoms with Gasteiger partial charge in [-0.1, -0.05) is 24.3 Å². The van der Waals surface area contributed by atoms with Gasteiger partial charge in [0.1, 0.15) is 5.75 Å². The molecule has 0 spiro atoms. The zero-order valence-electron chi connectivity index (χ0n) is 17.2. The second-order valence-corrected chi connectivity index (χ2v) is 8.70. The first-order valence-electron chi connectivity index (χ1n) is 9.69. The fraction of sp³-hybridized carbons (Fsp3) is 0.381. The summed E-state index contributed by atoms with van der Waals surface area (Å²) in [4.78, 5) is 4.53. The summed E-state index contributed by atoms with van der Waals surface area (Å²) in [6.07, 6.45) is 2.71. The zero-order valence-corrected chi connectivity index (χ0v) is 20.4. The Morgan fingerprint density at radius 2 is 1.67 bits per heavy atom. The molecule has 2 aromatic rings. The third-order valence-corrected chi connectivity index (χ3v) is 6.22. The zero-order chi connectivity index (χ0) is 20.7. The van der Waals surface area contributed by atoms with Gasteiger partial charge in [-0.3, -0.25) is 4.99 Å². The molecule has 9 heteroatoms. The van der Waals surface area contributed by atoms with Crippen LogP contribution in [0.5, 0.6) is 5.75 Å². The van der Waals surface area contributed by atoms with Gasteiger partial charge in [0.05, 0.1) is 12.0 Å². The smallest absolute Gasteiger partial charge is 0.240 e. The van der Waals surface area contributed by atoms with E-state index in [9.17, 15) is 8.42 Å². The number of ether oxygens (including phenoxy) is 1. The lowest BCUT2D eigenvalue weighted by Gasteiger charge is -2.12. The summed E-state index contributed by atoms with van der Waals surface area (Å²) >= 11 is 0. The third-order valence-electron chi connectivity index (χ3n) is 4.68. The van der Waals surface area contributed by atoms with Crippen molar-refractivity contribution in [3.63, 3.8) is 0 Å². The molecular formula is C21H29IN4O3S. The number of aliphatic imine (C=N–C) groups is 1. The lowest BCUT2D eigenvalue weighted by molar-refractivity contribution is 0.414.